The largest absolute Gasteiger partial charge is 0.472 e. The van der Waals surface area contributed by atoms with Crippen molar-refractivity contribution in [2.24, 2.45) is 5.73 Å². The predicted octanol–water partition coefficient (Wildman–Crippen LogP) is 9.37. The van der Waals surface area contributed by atoms with Crippen LogP contribution in [-0.2, 0) is 37.4 Å². The van der Waals surface area contributed by atoms with Gasteiger partial charge in [-0.1, -0.05) is 107 Å². The highest BCUT2D eigenvalue weighted by atomic mass is 31.2. The third-order valence-corrected chi connectivity index (χ3v) is 9.07. The van der Waals surface area contributed by atoms with E-state index in [0.717, 1.165) is 64.2 Å². The molecule has 0 aromatic rings. The third kappa shape index (κ3) is 28.6. The molecule has 288 valence electrons. The number of ether oxygens (including phenoxy) is 3. The number of carbonyl (C=O) groups excluding carboxylic acids is 2. The Morgan fingerprint density at radius 1 is 0.700 bits per heavy atom. The van der Waals surface area contributed by atoms with Crippen molar-refractivity contribution in [2.75, 3.05) is 26.4 Å². The smallest absolute Gasteiger partial charge is 0.462 e. The van der Waals surface area contributed by atoms with Crippen LogP contribution < -0.4 is 5.73 Å². The maximum absolute atomic E-state index is 12.5. The summed E-state index contributed by atoms with van der Waals surface area (Å²) in [5.41, 5.74) is 5.32. The Kier molecular flexibility index (Phi) is 29.1. The average Bonchev–Trinajstić information content (AvgIpc) is 3.86. The fourth-order valence-electron chi connectivity index (χ4n) is 5.06. The highest BCUT2D eigenvalue weighted by Gasteiger charge is 2.36. The number of nitrogens with two attached hydrogens (primary N) is 1. The van der Waals surface area contributed by atoms with E-state index in [1.165, 1.54) is 32.1 Å². The molecule has 0 amide bonds. The molecule has 3 unspecified atom stereocenters. The maximum Gasteiger partial charge on any atom is 0.472 e. The lowest BCUT2D eigenvalue weighted by molar-refractivity contribution is -0.161. The van der Waals surface area contributed by atoms with Crippen LogP contribution in [0, 0.1) is 0 Å². The number of phosphoric ester groups is 1. The van der Waals surface area contributed by atoms with Crippen LogP contribution in [0.5, 0.6) is 0 Å². The summed E-state index contributed by atoms with van der Waals surface area (Å²) in [5.74, 6) is -0.918. The van der Waals surface area contributed by atoms with Crippen LogP contribution in [0.2, 0.25) is 0 Å². The van der Waals surface area contributed by atoms with Gasteiger partial charge in [0.1, 0.15) is 6.61 Å². The summed E-state index contributed by atoms with van der Waals surface area (Å²) in [4.78, 5) is 34.7. The van der Waals surface area contributed by atoms with Crippen molar-refractivity contribution < 1.29 is 42.3 Å². The Balaban J connectivity index is 2.28. The van der Waals surface area contributed by atoms with E-state index < -0.39 is 32.5 Å². The quantitative estimate of drug-likeness (QED) is 0.0216. The number of hydrogen-bond acceptors (Lipinski definition) is 9. The van der Waals surface area contributed by atoms with Gasteiger partial charge in [-0.05, 0) is 70.6 Å². The molecule has 1 aliphatic rings. The molecule has 0 radical (unpaired) electrons. The number of unbranched alkanes of at least 4 members (excludes halogenated alkanes) is 11. The van der Waals surface area contributed by atoms with Crippen LogP contribution in [0.15, 0.2) is 48.6 Å². The van der Waals surface area contributed by atoms with E-state index in [4.69, 9.17) is 29.0 Å². The molecular formula is C39H68NO9P. The van der Waals surface area contributed by atoms with Gasteiger partial charge in [0.2, 0.25) is 0 Å². The molecule has 3 N–H and O–H groups in total. The first-order valence-corrected chi connectivity index (χ1v) is 20.7. The first kappa shape index (κ1) is 46.0. The van der Waals surface area contributed by atoms with Gasteiger partial charge in [0.05, 0.1) is 25.4 Å². The molecule has 0 saturated carbocycles. The van der Waals surface area contributed by atoms with Crippen molar-refractivity contribution >= 4 is 19.8 Å². The van der Waals surface area contributed by atoms with Crippen LogP contribution in [0.4, 0.5) is 0 Å². The third-order valence-electron chi connectivity index (χ3n) is 8.09. The molecule has 1 rings (SSSR count). The van der Waals surface area contributed by atoms with Crippen LogP contribution in [-0.4, -0.2) is 61.5 Å². The number of phosphoric acid groups is 1. The summed E-state index contributed by atoms with van der Waals surface area (Å²) >= 11 is 0. The van der Waals surface area contributed by atoms with Crippen molar-refractivity contribution in [1.29, 1.82) is 0 Å². The summed E-state index contributed by atoms with van der Waals surface area (Å²) in [6.07, 6.45) is 36.1. The molecule has 0 aromatic heterocycles. The average molecular weight is 726 g/mol. The second-order valence-electron chi connectivity index (χ2n) is 12.8. The molecule has 1 heterocycles. The van der Waals surface area contributed by atoms with Gasteiger partial charge < -0.3 is 24.8 Å². The highest BCUT2D eigenvalue weighted by Crippen LogP contribution is 2.43. The molecule has 0 aromatic carbocycles. The Labute approximate surface area is 302 Å². The second kappa shape index (κ2) is 31.6. The summed E-state index contributed by atoms with van der Waals surface area (Å²) in [7, 11) is -4.39. The fourth-order valence-corrected chi connectivity index (χ4v) is 5.82. The lowest BCUT2D eigenvalue weighted by Gasteiger charge is -2.19. The van der Waals surface area contributed by atoms with Gasteiger partial charge in [0, 0.05) is 19.4 Å². The predicted molar refractivity (Wildman–Crippen MR) is 201 cm³/mol. The van der Waals surface area contributed by atoms with Crippen molar-refractivity contribution in [1.82, 2.24) is 0 Å². The molecule has 1 fully saturated rings. The Bertz CT molecular complexity index is 1030. The van der Waals surface area contributed by atoms with E-state index in [9.17, 15) is 19.0 Å². The minimum atomic E-state index is -4.39. The molecule has 1 aliphatic heterocycles. The van der Waals surface area contributed by atoms with E-state index in [1.54, 1.807) is 0 Å². The fraction of sp³-hybridized carbons (Fsp3) is 0.744. The first-order valence-electron chi connectivity index (χ1n) is 19.2. The lowest BCUT2D eigenvalue weighted by Crippen LogP contribution is -2.29. The standard InChI is InChI=1S/C39H68NO9P/c1-3-5-7-9-11-12-13-14-17-21-25-29-38(41)45-33-35(34-47-50(43,44)46-32-31-40)48-39(42)30-26-22-18-15-16-20-24-28-37-36(49-37)27-23-19-10-8-6-4-2/h9,11,15,18-20,23-24,35-37H,3-8,10,12-14,16-17,21-22,25-34,40H2,1-2H3,(H,43,44)/b11-9-,18-15-,23-19-,24-20-/t35-,36?,37?/m1/s1. The minimum absolute atomic E-state index is 0.0397. The van der Waals surface area contributed by atoms with E-state index in [1.807, 2.05) is 6.08 Å². The van der Waals surface area contributed by atoms with E-state index in [0.29, 0.717) is 31.5 Å². The molecule has 50 heavy (non-hydrogen) atoms. The topological polar surface area (TPSA) is 147 Å². The zero-order chi connectivity index (χ0) is 36.5. The highest BCUT2D eigenvalue weighted by molar-refractivity contribution is 7.47. The molecule has 0 spiro atoms. The van der Waals surface area contributed by atoms with E-state index in [-0.39, 0.29) is 32.6 Å². The summed E-state index contributed by atoms with van der Waals surface area (Å²) in [6, 6.07) is 0. The monoisotopic (exact) mass is 725 g/mol. The number of carbonyl (C=O) groups is 2. The van der Waals surface area contributed by atoms with Gasteiger partial charge in [-0.15, -0.1) is 0 Å². The zero-order valence-electron chi connectivity index (χ0n) is 31.1. The van der Waals surface area contributed by atoms with E-state index in [2.05, 4.69) is 56.4 Å². The van der Waals surface area contributed by atoms with Crippen molar-refractivity contribution in [2.45, 2.75) is 161 Å². The van der Waals surface area contributed by atoms with Gasteiger partial charge in [-0.2, -0.15) is 0 Å². The molecule has 11 heteroatoms. The molecule has 4 atom stereocenters. The Morgan fingerprint density at radius 3 is 1.98 bits per heavy atom. The number of rotatable bonds is 34. The summed E-state index contributed by atoms with van der Waals surface area (Å²) < 4.78 is 38.3. The van der Waals surface area contributed by atoms with Gasteiger partial charge in [0.25, 0.3) is 0 Å². The Hall–Kier alpha value is -2.07. The zero-order valence-corrected chi connectivity index (χ0v) is 32.0. The van der Waals surface area contributed by atoms with Crippen molar-refractivity contribution in [3.8, 4) is 0 Å². The normalized spacial score (nSPS) is 18.0. The first-order chi connectivity index (χ1) is 24.3. The maximum atomic E-state index is 12.5. The molecule has 0 bridgehead atoms. The van der Waals surface area contributed by atoms with Gasteiger partial charge in [-0.25, -0.2) is 4.57 Å². The number of hydrogen-bond donors (Lipinski definition) is 2. The number of esters is 2. The number of allylic oxidation sites excluding steroid dienone is 6. The molecule has 10 nitrogen and oxygen atoms in total. The van der Waals surface area contributed by atoms with Gasteiger partial charge >= 0.3 is 19.8 Å². The van der Waals surface area contributed by atoms with Crippen LogP contribution >= 0.6 is 7.82 Å². The number of epoxide rings is 1. The SMILES string of the molecule is CCCC/C=C\CCCCCCCC(=O)OC[C@H](COP(=O)(O)OCCN)OC(=O)CCC/C=C\C/C=C\CC1OC1C/C=C\CCCCC. The molecule has 0 aliphatic carbocycles. The summed E-state index contributed by atoms with van der Waals surface area (Å²) in [5, 5.41) is 0. The van der Waals surface area contributed by atoms with E-state index >= 15 is 0 Å². The van der Waals surface area contributed by atoms with Crippen LogP contribution in [0.3, 0.4) is 0 Å². The van der Waals surface area contributed by atoms with Gasteiger partial charge in [-0.3, -0.25) is 18.6 Å². The Morgan fingerprint density at radius 2 is 1.26 bits per heavy atom. The summed E-state index contributed by atoms with van der Waals surface area (Å²) in [6.45, 7) is 3.55. The van der Waals surface area contributed by atoms with Crippen molar-refractivity contribution in [3.63, 3.8) is 0 Å². The molecular weight excluding hydrogens is 657 g/mol. The van der Waals surface area contributed by atoms with Gasteiger partial charge in [0.15, 0.2) is 6.10 Å². The molecule has 1 saturated heterocycles. The van der Waals surface area contributed by atoms with Crippen molar-refractivity contribution in [3.05, 3.63) is 48.6 Å². The van der Waals surface area contributed by atoms with Crippen LogP contribution in [0.25, 0.3) is 0 Å². The second-order valence-corrected chi connectivity index (χ2v) is 14.3. The van der Waals surface area contributed by atoms with Crippen LogP contribution in [0.1, 0.15) is 142 Å². The lowest BCUT2D eigenvalue weighted by atomic mass is 10.1. The minimum Gasteiger partial charge on any atom is -0.462 e.